The highest BCUT2D eigenvalue weighted by atomic mass is 16.6. The van der Waals surface area contributed by atoms with E-state index in [2.05, 4.69) is 15.8 Å². The molecule has 0 aliphatic heterocycles. The molecule has 0 bridgehead atoms. The van der Waals surface area contributed by atoms with Crippen LogP contribution in [0.25, 0.3) is 6.08 Å². The standard InChI is InChI=1S/C27H26N4O5/c1-3-17-36-24-15-9-20(10-16-24)18-25(28-26(32)22-7-5-4-6-8-22)27(33)30-29-19(2)21-11-13-23(14-12-21)31(34)35/h4-16,18H,3,17H2,1-2H3,(H,28,32)(H,30,33)/b25-18-,29-19+. The van der Waals surface area contributed by atoms with Gasteiger partial charge in [-0.3, -0.25) is 19.7 Å². The van der Waals surface area contributed by atoms with Gasteiger partial charge in [0, 0.05) is 17.7 Å². The average molecular weight is 487 g/mol. The van der Waals surface area contributed by atoms with Gasteiger partial charge in [0.15, 0.2) is 0 Å². The topological polar surface area (TPSA) is 123 Å². The van der Waals surface area contributed by atoms with Gasteiger partial charge in [-0.2, -0.15) is 5.10 Å². The highest BCUT2D eigenvalue weighted by Gasteiger charge is 2.15. The van der Waals surface area contributed by atoms with Crippen molar-refractivity contribution in [2.75, 3.05) is 6.61 Å². The summed E-state index contributed by atoms with van der Waals surface area (Å²) in [7, 11) is 0. The Bertz CT molecular complexity index is 1270. The Labute approximate surface area is 208 Å². The lowest BCUT2D eigenvalue weighted by molar-refractivity contribution is -0.384. The minimum atomic E-state index is -0.633. The molecule has 184 valence electrons. The maximum Gasteiger partial charge on any atom is 0.287 e. The first-order valence-electron chi connectivity index (χ1n) is 11.3. The molecule has 0 unspecified atom stereocenters. The van der Waals surface area contributed by atoms with Crippen LogP contribution in [0.5, 0.6) is 5.75 Å². The quantitative estimate of drug-likeness (QED) is 0.186. The van der Waals surface area contributed by atoms with E-state index in [0.717, 1.165) is 6.42 Å². The third-order valence-electron chi connectivity index (χ3n) is 5.01. The van der Waals surface area contributed by atoms with Gasteiger partial charge in [-0.1, -0.05) is 37.3 Å². The maximum atomic E-state index is 13.0. The molecule has 2 N–H and O–H groups in total. The maximum absolute atomic E-state index is 13.0. The summed E-state index contributed by atoms with van der Waals surface area (Å²) in [6.45, 7) is 4.27. The van der Waals surface area contributed by atoms with E-state index in [1.807, 2.05) is 6.92 Å². The second-order valence-corrected chi connectivity index (χ2v) is 7.74. The van der Waals surface area contributed by atoms with Gasteiger partial charge in [0.25, 0.3) is 17.5 Å². The zero-order valence-corrected chi connectivity index (χ0v) is 19.9. The summed E-state index contributed by atoms with van der Waals surface area (Å²) in [5.41, 5.74) is 4.49. The van der Waals surface area contributed by atoms with Crippen LogP contribution < -0.4 is 15.5 Å². The number of hydrogen-bond donors (Lipinski definition) is 2. The van der Waals surface area contributed by atoms with Gasteiger partial charge in [-0.25, -0.2) is 5.43 Å². The molecule has 3 aromatic rings. The molecule has 0 aliphatic carbocycles. The van der Waals surface area contributed by atoms with Crippen LogP contribution in [0.4, 0.5) is 5.69 Å². The second kappa shape index (κ2) is 12.6. The molecule has 9 nitrogen and oxygen atoms in total. The molecule has 9 heteroatoms. The number of amides is 2. The molecule has 3 aromatic carbocycles. The molecule has 0 aromatic heterocycles. The number of nitrogens with one attached hydrogen (secondary N) is 2. The third-order valence-corrected chi connectivity index (χ3v) is 5.01. The van der Waals surface area contributed by atoms with Crippen molar-refractivity contribution in [3.8, 4) is 5.75 Å². The number of hydrogen-bond acceptors (Lipinski definition) is 6. The fourth-order valence-corrected chi connectivity index (χ4v) is 3.07. The zero-order chi connectivity index (χ0) is 25.9. The second-order valence-electron chi connectivity index (χ2n) is 7.74. The fraction of sp³-hybridized carbons (Fsp3) is 0.148. The van der Waals surface area contributed by atoms with Crippen LogP contribution in [-0.2, 0) is 4.79 Å². The molecule has 0 spiro atoms. The minimum Gasteiger partial charge on any atom is -0.494 e. The van der Waals surface area contributed by atoms with Gasteiger partial charge in [-0.15, -0.1) is 0 Å². The van der Waals surface area contributed by atoms with Crippen molar-refractivity contribution in [3.63, 3.8) is 0 Å². The number of benzene rings is 3. The van der Waals surface area contributed by atoms with E-state index in [1.54, 1.807) is 73.7 Å². The molecule has 0 saturated carbocycles. The Hall–Kier alpha value is -4.79. The average Bonchev–Trinajstić information content (AvgIpc) is 2.91. The van der Waals surface area contributed by atoms with Gasteiger partial charge in [0.05, 0.1) is 17.2 Å². The van der Waals surface area contributed by atoms with Crippen molar-refractivity contribution in [1.82, 2.24) is 10.7 Å². The van der Waals surface area contributed by atoms with Crippen molar-refractivity contribution >= 4 is 29.3 Å². The number of non-ortho nitro benzene ring substituents is 1. The molecule has 0 heterocycles. The Morgan fingerprint density at radius 3 is 2.25 bits per heavy atom. The van der Waals surface area contributed by atoms with E-state index < -0.39 is 16.7 Å². The molecular weight excluding hydrogens is 460 g/mol. The summed E-state index contributed by atoms with van der Waals surface area (Å²) in [5.74, 6) is -0.375. The van der Waals surface area contributed by atoms with Crippen LogP contribution in [0.3, 0.4) is 0 Å². The summed E-state index contributed by atoms with van der Waals surface area (Å²) in [4.78, 5) is 36.1. The summed E-state index contributed by atoms with van der Waals surface area (Å²) >= 11 is 0. The third kappa shape index (κ3) is 7.36. The van der Waals surface area contributed by atoms with E-state index in [0.29, 0.717) is 34.8 Å². The monoisotopic (exact) mass is 486 g/mol. The highest BCUT2D eigenvalue weighted by molar-refractivity contribution is 6.06. The first-order chi connectivity index (χ1) is 17.4. The van der Waals surface area contributed by atoms with Crippen molar-refractivity contribution in [2.24, 2.45) is 5.10 Å². The summed E-state index contributed by atoms with van der Waals surface area (Å²) in [5, 5.41) is 17.6. The van der Waals surface area contributed by atoms with Crippen LogP contribution in [0, 0.1) is 10.1 Å². The number of hydrazone groups is 1. The highest BCUT2D eigenvalue weighted by Crippen LogP contribution is 2.15. The molecule has 3 rings (SSSR count). The predicted octanol–water partition coefficient (Wildman–Crippen LogP) is 4.69. The lowest BCUT2D eigenvalue weighted by Crippen LogP contribution is -2.33. The van der Waals surface area contributed by atoms with E-state index in [9.17, 15) is 19.7 Å². The van der Waals surface area contributed by atoms with Crippen LogP contribution in [-0.4, -0.2) is 29.1 Å². The van der Waals surface area contributed by atoms with Gasteiger partial charge in [0.1, 0.15) is 11.4 Å². The minimum absolute atomic E-state index is 0.00803. The normalized spacial score (nSPS) is 11.5. The van der Waals surface area contributed by atoms with E-state index in [4.69, 9.17) is 4.74 Å². The van der Waals surface area contributed by atoms with Crippen molar-refractivity contribution in [3.05, 3.63) is 111 Å². The molecule has 36 heavy (non-hydrogen) atoms. The van der Waals surface area contributed by atoms with Gasteiger partial charge in [-0.05, 0) is 66.9 Å². The molecule has 0 aliphatic rings. The number of nitrogens with zero attached hydrogens (tertiary/aromatic N) is 2. The summed E-state index contributed by atoms with van der Waals surface area (Å²) in [6, 6.07) is 21.4. The van der Waals surface area contributed by atoms with E-state index >= 15 is 0 Å². The first kappa shape index (κ1) is 25.8. The molecule has 0 atom stereocenters. The lowest BCUT2D eigenvalue weighted by Gasteiger charge is -2.10. The first-order valence-corrected chi connectivity index (χ1v) is 11.3. The van der Waals surface area contributed by atoms with Crippen molar-refractivity contribution < 1.29 is 19.2 Å². The van der Waals surface area contributed by atoms with E-state index in [-0.39, 0.29) is 11.4 Å². The fourth-order valence-electron chi connectivity index (χ4n) is 3.07. The van der Waals surface area contributed by atoms with Gasteiger partial charge in [0.2, 0.25) is 0 Å². The molecule has 2 amide bonds. The Morgan fingerprint density at radius 2 is 1.64 bits per heavy atom. The van der Waals surface area contributed by atoms with Crippen LogP contribution in [0.1, 0.15) is 41.8 Å². The Kier molecular flexibility index (Phi) is 9.05. The number of carbonyl (C=O) groups is 2. The number of carbonyl (C=O) groups excluding carboxylic acids is 2. The van der Waals surface area contributed by atoms with Crippen LogP contribution in [0.15, 0.2) is 89.7 Å². The molecule has 0 radical (unpaired) electrons. The van der Waals surface area contributed by atoms with Crippen molar-refractivity contribution in [1.29, 1.82) is 0 Å². The van der Waals surface area contributed by atoms with E-state index in [1.165, 1.54) is 18.2 Å². The van der Waals surface area contributed by atoms with Crippen LogP contribution in [0.2, 0.25) is 0 Å². The largest absolute Gasteiger partial charge is 0.494 e. The number of nitro groups is 1. The Morgan fingerprint density at radius 1 is 0.972 bits per heavy atom. The molecule has 0 fully saturated rings. The smallest absolute Gasteiger partial charge is 0.287 e. The number of nitro benzene ring substituents is 1. The Balaban J connectivity index is 1.81. The number of ether oxygens (including phenoxy) is 1. The molecular formula is C27H26N4O5. The predicted molar refractivity (Wildman–Crippen MR) is 138 cm³/mol. The van der Waals surface area contributed by atoms with Crippen LogP contribution >= 0.6 is 0 Å². The van der Waals surface area contributed by atoms with Gasteiger partial charge >= 0.3 is 0 Å². The van der Waals surface area contributed by atoms with Crippen molar-refractivity contribution in [2.45, 2.75) is 20.3 Å². The zero-order valence-electron chi connectivity index (χ0n) is 19.9. The summed E-state index contributed by atoms with van der Waals surface area (Å²) in [6.07, 6.45) is 2.42. The lowest BCUT2D eigenvalue weighted by atomic mass is 10.1. The number of rotatable bonds is 10. The summed E-state index contributed by atoms with van der Waals surface area (Å²) < 4.78 is 5.59. The van der Waals surface area contributed by atoms with Gasteiger partial charge < -0.3 is 10.1 Å². The SMILES string of the molecule is CCCOc1ccc(/C=C(\NC(=O)c2ccccc2)C(=O)N/N=C(\C)c2ccc([N+](=O)[O-])cc2)cc1. The molecule has 0 saturated heterocycles.